The maximum absolute atomic E-state index is 9.58. The van der Waals surface area contributed by atoms with Crippen molar-refractivity contribution in [1.82, 2.24) is 9.78 Å². The second kappa shape index (κ2) is 5.59. The van der Waals surface area contributed by atoms with Gasteiger partial charge in [-0.2, -0.15) is 5.10 Å². The number of hydrogen-bond acceptors (Lipinski definition) is 5. The lowest BCUT2D eigenvalue weighted by Gasteiger charge is -2.32. The Hall–Kier alpha value is -1.41. The van der Waals surface area contributed by atoms with E-state index in [0.29, 0.717) is 0 Å². The van der Waals surface area contributed by atoms with Crippen LogP contribution < -0.4 is 5.46 Å². The van der Waals surface area contributed by atoms with Crippen LogP contribution in [0.25, 0.3) is 10.9 Å². The number of aliphatic hydroxyl groups is 2. The Morgan fingerprint density at radius 1 is 1.22 bits per heavy atom. The molecule has 1 atom stereocenters. The molecule has 1 saturated heterocycles. The minimum atomic E-state index is -0.819. The van der Waals surface area contributed by atoms with Gasteiger partial charge in [-0.25, -0.2) is 0 Å². The summed E-state index contributed by atoms with van der Waals surface area (Å²) in [7, 11) is -0.407. The zero-order valence-corrected chi connectivity index (χ0v) is 14.0. The summed E-state index contributed by atoms with van der Waals surface area (Å²) < 4.78 is 13.8. The van der Waals surface area contributed by atoms with Gasteiger partial charge < -0.3 is 19.5 Å². The largest absolute Gasteiger partial charge is 0.494 e. The van der Waals surface area contributed by atoms with Gasteiger partial charge in [0, 0.05) is 5.39 Å². The summed E-state index contributed by atoms with van der Waals surface area (Å²) in [5.41, 5.74) is 1.10. The number of hydrogen-bond donors (Lipinski definition) is 2. The predicted molar refractivity (Wildman–Crippen MR) is 88.5 cm³/mol. The van der Waals surface area contributed by atoms with Crippen LogP contribution in [-0.4, -0.2) is 51.0 Å². The lowest BCUT2D eigenvalue weighted by Crippen LogP contribution is -2.41. The van der Waals surface area contributed by atoms with Crippen molar-refractivity contribution in [3.8, 4) is 0 Å². The van der Waals surface area contributed by atoms with Crippen molar-refractivity contribution in [1.29, 1.82) is 0 Å². The SMILES string of the molecule is CC1(C)OB(c2ccc3c(cnn3CC(O)CO)c2)OC1(C)C. The second-order valence-corrected chi connectivity index (χ2v) is 7.07. The van der Waals surface area contributed by atoms with E-state index < -0.39 is 13.2 Å². The third-order valence-corrected chi connectivity index (χ3v) is 4.79. The summed E-state index contributed by atoms with van der Waals surface area (Å²) in [6.45, 7) is 8.09. The van der Waals surface area contributed by atoms with E-state index in [1.165, 1.54) is 0 Å². The molecule has 1 aliphatic rings. The number of nitrogens with zero attached hydrogens (tertiary/aromatic N) is 2. The molecular formula is C16H23BN2O4. The number of aromatic nitrogens is 2. The Kier molecular flexibility index (Phi) is 4.00. The van der Waals surface area contributed by atoms with Crippen molar-refractivity contribution in [2.75, 3.05) is 6.61 Å². The topological polar surface area (TPSA) is 76.7 Å². The number of aliphatic hydroxyl groups excluding tert-OH is 2. The summed E-state index contributed by atoms with van der Waals surface area (Å²) >= 11 is 0. The van der Waals surface area contributed by atoms with Crippen LogP contribution in [0, 0.1) is 0 Å². The molecular weight excluding hydrogens is 295 g/mol. The summed E-state index contributed by atoms with van der Waals surface area (Å²) in [6, 6.07) is 5.88. The highest BCUT2D eigenvalue weighted by molar-refractivity contribution is 6.62. The Bertz CT molecular complexity index is 697. The Labute approximate surface area is 136 Å². The van der Waals surface area contributed by atoms with Crippen molar-refractivity contribution in [3.05, 3.63) is 24.4 Å². The molecule has 3 rings (SSSR count). The van der Waals surface area contributed by atoms with E-state index in [9.17, 15) is 5.11 Å². The molecule has 0 aliphatic carbocycles. The molecule has 2 N–H and O–H groups in total. The molecule has 2 heterocycles. The fraction of sp³-hybridized carbons (Fsp3) is 0.562. The third kappa shape index (κ3) is 2.90. The van der Waals surface area contributed by atoms with Gasteiger partial charge in [-0.1, -0.05) is 12.1 Å². The van der Waals surface area contributed by atoms with E-state index in [4.69, 9.17) is 14.4 Å². The minimum absolute atomic E-state index is 0.260. The van der Waals surface area contributed by atoms with Crippen molar-refractivity contribution in [3.63, 3.8) is 0 Å². The van der Waals surface area contributed by atoms with Gasteiger partial charge in [0.15, 0.2) is 0 Å². The number of fused-ring (bicyclic) bond motifs is 1. The molecule has 1 aromatic heterocycles. The van der Waals surface area contributed by atoms with Gasteiger partial charge in [0.2, 0.25) is 0 Å². The van der Waals surface area contributed by atoms with Crippen molar-refractivity contribution in [2.24, 2.45) is 0 Å². The number of benzene rings is 1. The van der Waals surface area contributed by atoms with Gasteiger partial charge in [0.1, 0.15) is 0 Å². The predicted octanol–water partition coefficient (Wildman–Crippen LogP) is 0.689. The van der Waals surface area contributed by atoms with Crippen LogP contribution in [0.3, 0.4) is 0 Å². The molecule has 1 aromatic carbocycles. The average Bonchev–Trinajstić information content (AvgIpc) is 2.97. The first-order valence-corrected chi connectivity index (χ1v) is 7.83. The van der Waals surface area contributed by atoms with Crippen LogP contribution >= 0.6 is 0 Å². The van der Waals surface area contributed by atoms with Crippen LogP contribution in [0.2, 0.25) is 0 Å². The zero-order valence-electron chi connectivity index (χ0n) is 14.0. The van der Waals surface area contributed by atoms with Crippen molar-refractivity contribution < 1.29 is 19.5 Å². The monoisotopic (exact) mass is 318 g/mol. The first-order valence-electron chi connectivity index (χ1n) is 7.83. The molecule has 23 heavy (non-hydrogen) atoms. The molecule has 0 radical (unpaired) electrons. The first kappa shape index (κ1) is 16.5. The van der Waals surface area contributed by atoms with E-state index in [1.807, 2.05) is 45.9 Å². The molecule has 7 heteroatoms. The molecule has 1 aliphatic heterocycles. The molecule has 2 aromatic rings. The fourth-order valence-corrected chi connectivity index (χ4v) is 2.63. The van der Waals surface area contributed by atoms with Gasteiger partial charge in [-0.15, -0.1) is 0 Å². The van der Waals surface area contributed by atoms with E-state index in [0.717, 1.165) is 16.4 Å². The highest BCUT2D eigenvalue weighted by atomic mass is 16.7. The highest BCUT2D eigenvalue weighted by Gasteiger charge is 2.51. The Balaban J connectivity index is 1.88. The van der Waals surface area contributed by atoms with E-state index >= 15 is 0 Å². The second-order valence-electron chi connectivity index (χ2n) is 7.07. The van der Waals surface area contributed by atoms with Crippen molar-refractivity contribution >= 4 is 23.5 Å². The summed E-state index contributed by atoms with van der Waals surface area (Å²) in [6.07, 6.45) is 0.926. The molecule has 6 nitrogen and oxygen atoms in total. The van der Waals surface area contributed by atoms with Gasteiger partial charge >= 0.3 is 7.12 Å². The van der Waals surface area contributed by atoms with E-state index in [2.05, 4.69) is 5.10 Å². The Morgan fingerprint density at radius 3 is 2.48 bits per heavy atom. The summed E-state index contributed by atoms with van der Waals surface area (Å²) in [5, 5.41) is 23.8. The van der Waals surface area contributed by atoms with Gasteiger partial charge in [0.25, 0.3) is 0 Å². The third-order valence-electron chi connectivity index (χ3n) is 4.79. The molecule has 0 saturated carbocycles. The van der Waals surface area contributed by atoms with Gasteiger partial charge in [-0.05, 0) is 39.2 Å². The van der Waals surface area contributed by atoms with Crippen LogP contribution in [0.4, 0.5) is 0 Å². The normalized spacial score (nSPS) is 21.0. The first-order chi connectivity index (χ1) is 10.7. The van der Waals surface area contributed by atoms with E-state index in [1.54, 1.807) is 10.9 Å². The van der Waals surface area contributed by atoms with Crippen LogP contribution in [0.15, 0.2) is 24.4 Å². The fourth-order valence-electron chi connectivity index (χ4n) is 2.63. The maximum Gasteiger partial charge on any atom is 0.494 e. The van der Waals surface area contributed by atoms with Crippen LogP contribution in [-0.2, 0) is 15.9 Å². The lowest BCUT2D eigenvalue weighted by molar-refractivity contribution is 0.00578. The van der Waals surface area contributed by atoms with E-state index in [-0.39, 0.29) is 24.4 Å². The summed E-state index contributed by atoms with van der Waals surface area (Å²) in [4.78, 5) is 0. The maximum atomic E-state index is 9.58. The van der Waals surface area contributed by atoms with Crippen LogP contribution in [0.1, 0.15) is 27.7 Å². The molecule has 0 amide bonds. The summed E-state index contributed by atoms with van der Waals surface area (Å²) in [5.74, 6) is 0. The smallest absolute Gasteiger partial charge is 0.399 e. The molecule has 0 spiro atoms. The standard InChI is InChI=1S/C16H23BN2O4/c1-15(2)16(3,4)23-17(22-15)12-5-6-14-11(7-12)8-18-19(14)9-13(21)10-20/h5-8,13,20-21H,9-10H2,1-4H3. The average molecular weight is 318 g/mol. The quantitative estimate of drug-likeness (QED) is 0.811. The molecule has 1 fully saturated rings. The van der Waals surface area contributed by atoms with Crippen molar-refractivity contribution in [2.45, 2.75) is 51.5 Å². The molecule has 0 bridgehead atoms. The Morgan fingerprint density at radius 2 is 1.87 bits per heavy atom. The van der Waals surface area contributed by atoms with Crippen LogP contribution in [0.5, 0.6) is 0 Å². The lowest BCUT2D eigenvalue weighted by atomic mass is 9.79. The number of rotatable bonds is 4. The van der Waals surface area contributed by atoms with Gasteiger partial charge in [0.05, 0.1) is 42.2 Å². The molecule has 124 valence electrons. The zero-order chi connectivity index (χ0) is 16.8. The highest BCUT2D eigenvalue weighted by Crippen LogP contribution is 2.36. The molecule has 1 unspecified atom stereocenters. The minimum Gasteiger partial charge on any atom is -0.399 e. The van der Waals surface area contributed by atoms with Gasteiger partial charge in [-0.3, -0.25) is 4.68 Å².